The fraction of sp³-hybridized carbons (Fsp3) is 0.0833. The number of carbonyl (C=O) groups excluding carboxylic acids is 2. The van der Waals surface area contributed by atoms with Crippen LogP contribution in [0.25, 0.3) is 6.08 Å². The van der Waals surface area contributed by atoms with Crippen molar-refractivity contribution < 1.29 is 14.3 Å². The van der Waals surface area contributed by atoms with Crippen molar-refractivity contribution >= 4 is 79.1 Å². The summed E-state index contributed by atoms with van der Waals surface area (Å²) in [4.78, 5) is 27.1. The molecular weight excluding hydrogens is 625 g/mol. The molecule has 8 heteroatoms. The van der Waals surface area contributed by atoms with Gasteiger partial charge >= 0.3 is 0 Å². The second-order valence-electron chi connectivity index (χ2n) is 6.99. The molecule has 162 valence electrons. The molecule has 0 unspecified atom stereocenters. The average molecular weight is 641 g/mol. The third-order valence-corrected chi connectivity index (χ3v) is 7.07. The minimum atomic E-state index is -0.304. The minimum absolute atomic E-state index is 0.247. The molecule has 0 radical (unpaired) electrons. The smallest absolute Gasteiger partial charge is 0.293 e. The van der Waals surface area contributed by atoms with Crippen molar-refractivity contribution in [1.29, 1.82) is 0 Å². The molecular formula is C24H16BrClINO3S. The van der Waals surface area contributed by atoms with Crippen LogP contribution in [0.1, 0.15) is 16.7 Å². The molecule has 1 saturated heterocycles. The lowest BCUT2D eigenvalue weighted by atomic mass is 10.1. The molecule has 1 fully saturated rings. The number of imide groups is 1. The van der Waals surface area contributed by atoms with E-state index in [2.05, 4.69) is 38.5 Å². The Hall–Kier alpha value is -1.81. The van der Waals surface area contributed by atoms with E-state index in [1.807, 2.05) is 66.7 Å². The summed E-state index contributed by atoms with van der Waals surface area (Å²) >= 11 is 12.6. The van der Waals surface area contributed by atoms with Crippen LogP contribution in [0.15, 0.2) is 76.1 Å². The predicted octanol–water partition coefficient (Wildman–Crippen LogP) is 7.52. The Morgan fingerprint density at radius 2 is 1.69 bits per heavy atom. The first-order valence-corrected chi connectivity index (χ1v) is 12.6. The standard InChI is InChI=1S/C24H16BrClINO3S/c25-18-5-10-21(31-14-16-1-6-19(26)7-2-16)17(11-18)12-22-23(29)28(24(30)32-22)13-15-3-8-20(27)9-4-15/h1-12H,13-14H2/b22-12-. The van der Waals surface area contributed by atoms with Gasteiger partial charge in [0.2, 0.25) is 0 Å². The van der Waals surface area contributed by atoms with Crippen LogP contribution < -0.4 is 4.74 Å². The lowest BCUT2D eigenvalue weighted by Crippen LogP contribution is -2.27. The molecule has 32 heavy (non-hydrogen) atoms. The fourth-order valence-corrected chi connectivity index (χ4v) is 4.75. The van der Waals surface area contributed by atoms with Crippen LogP contribution in [0.5, 0.6) is 5.75 Å². The van der Waals surface area contributed by atoms with Gasteiger partial charge in [0.25, 0.3) is 11.1 Å². The minimum Gasteiger partial charge on any atom is -0.488 e. The summed E-state index contributed by atoms with van der Waals surface area (Å²) in [6, 6.07) is 20.8. The number of nitrogens with zero attached hydrogens (tertiary/aromatic N) is 1. The number of amides is 2. The molecule has 1 aliphatic heterocycles. The number of rotatable bonds is 6. The van der Waals surface area contributed by atoms with Gasteiger partial charge in [0.05, 0.1) is 11.4 Å². The predicted molar refractivity (Wildman–Crippen MR) is 141 cm³/mol. The van der Waals surface area contributed by atoms with E-state index < -0.39 is 0 Å². The van der Waals surface area contributed by atoms with Gasteiger partial charge in [-0.15, -0.1) is 0 Å². The quantitative estimate of drug-likeness (QED) is 0.207. The van der Waals surface area contributed by atoms with E-state index >= 15 is 0 Å². The van der Waals surface area contributed by atoms with Crippen molar-refractivity contribution in [2.45, 2.75) is 13.2 Å². The zero-order chi connectivity index (χ0) is 22.7. The lowest BCUT2D eigenvalue weighted by Gasteiger charge is -2.13. The van der Waals surface area contributed by atoms with Crippen LogP contribution in [-0.2, 0) is 17.9 Å². The van der Waals surface area contributed by atoms with Crippen molar-refractivity contribution in [2.75, 3.05) is 0 Å². The first-order chi connectivity index (χ1) is 15.4. The number of hydrogen-bond donors (Lipinski definition) is 0. The zero-order valence-electron chi connectivity index (χ0n) is 16.6. The van der Waals surface area contributed by atoms with Gasteiger partial charge in [-0.2, -0.15) is 0 Å². The molecule has 0 bridgehead atoms. The van der Waals surface area contributed by atoms with Crippen LogP contribution in [0.2, 0.25) is 5.02 Å². The molecule has 3 aromatic carbocycles. The van der Waals surface area contributed by atoms with Crippen molar-refractivity contribution in [3.8, 4) is 5.75 Å². The molecule has 2 amide bonds. The maximum atomic E-state index is 12.9. The number of thioether (sulfide) groups is 1. The van der Waals surface area contributed by atoms with Crippen molar-refractivity contribution in [2.24, 2.45) is 0 Å². The lowest BCUT2D eigenvalue weighted by molar-refractivity contribution is -0.123. The summed E-state index contributed by atoms with van der Waals surface area (Å²) in [5.74, 6) is 0.315. The molecule has 0 aliphatic carbocycles. The van der Waals surface area contributed by atoms with Crippen molar-refractivity contribution in [3.05, 3.63) is 101 Å². The van der Waals surface area contributed by atoms with Gasteiger partial charge in [-0.1, -0.05) is 51.8 Å². The first kappa shape index (κ1) is 23.4. The largest absolute Gasteiger partial charge is 0.488 e. The Kier molecular flexibility index (Phi) is 7.60. The number of carbonyl (C=O) groups is 2. The molecule has 0 N–H and O–H groups in total. The molecule has 4 nitrogen and oxygen atoms in total. The van der Waals surface area contributed by atoms with Crippen LogP contribution in [0, 0.1) is 3.57 Å². The highest BCUT2D eigenvalue weighted by Gasteiger charge is 2.35. The fourth-order valence-electron chi connectivity index (χ4n) is 3.06. The molecule has 0 spiro atoms. The van der Waals surface area contributed by atoms with E-state index in [4.69, 9.17) is 16.3 Å². The van der Waals surface area contributed by atoms with Crippen LogP contribution in [0.3, 0.4) is 0 Å². The summed E-state index contributed by atoms with van der Waals surface area (Å²) in [5.41, 5.74) is 2.60. The van der Waals surface area contributed by atoms with Gasteiger partial charge in [0, 0.05) is 18.6 Å². The highest BCUT2D eigenvalue weighted by atomic mass is 127. The van der Waals surface area contributed by atoms with E-state index in [1.54, 1.807) is 6.08 Å². The summed E-state index contributed by atoms with van der Waals surface area (Å²) in [6.07, 6.45) is 1.71. The molecule has 0 aromatic heterocycles. The Balaban J connectivity index is 1.54. The Morgan fingerprint density at radius 3 is 2.41 bits per heavy atom. The van der Waals surface area contributed by atoms with Crippen LogP contribution >= 0.6 is 61.9 Å². The van der Waals surface area contributed by atoms with Gasteiger partial charge in [-0.3, -0.25) is 14.5 Å². The maximum Gasteiger partial charge on any atom is 0.293 e. The summed E-state index contributed by atoms with van der Waals surface area (Å²) < 4.78 is 7.94. The molecule has 3 aromatic rings. The second kappa shape index (κ2) is 10.4. The van der Waals surface area contributed by atoms with E-state index in [-0.39, 0.29) is 17.7 Å². The van der Waals surface area contributed by atoms with E-state index in [9.17, 15) is 9.59 Å². The third-order valence-electron chi connectivity index (χ3n) is 4.69. The van der Waals surface area contributed by atoms with Gasteiger partial charge < -0.3 is 4.74 Å². The van der Waals surface area contributed by atoms with Gasteiger partial charge in [0.15, 0.2) is 0 Å². The Morgan fingerprint density at radius 1 is 1.00 bits per heavy atom. The number of benzene rings is 3. The first-order valence-electron chi connectivity index (χ1n) is 9.55. The van der Waals surface area contributed by atoms with E-state index in [1.165, 1.54) is 4.90 Å². The Labute approximate surface area is 217 Å². The SMILES string of the molecule is O=C1S/C(=C\c2cc(Br)ccc2OCc2ccc(Cl)cc2)C(=O)N1Cc1ccc(I)cc1. The third kappa shape index (κ3) is 5.75. The maximum absolute atomic E-state index is 12.9. The number of hydrogen-bond acceptors (Lipinski definition) is 4. The molecule has 1 heterocycles. The van der Waals surface area contributed by atoms with Crippen LogP contribution in [-0.4, -0.2) is 16.0 Å². The van der Waals surface area contributed by atoms with E-state index in [0.29, 0.717) is 27.8 Å². The van der Waals surface area contributed by atoms with Crippen molar-refractivity contribution in [1.82, 2.24) is 4.90 Å². The highest BCUT2D eigenvalue weighted by molar-refractivity contribution is 14.1. The zero-order valence-corrected chi connectivity index (χ0v) is 21.9. The molecule has 0 atom stereocenters. The van der Waals surface area contributed by atoms with Gasteiger partial charge in [0.1, 0.15) is 12.4 Å². The molecule has 0 saturated carbocycles. The second-order valence-corrected chi connectivity index (χ2v) is 10.6. The topological polar surface area (TPSA) is 46.6 Å². The molecule has 4 rings (SSSR count). The monoisotopic (exact) mass is 639 g/mol. The van der Waals surface area contributed by atoms with Gasteiger partial charge in [-0.25, -0.2) is 0 Å². The average Bonchev–Trinajstić information content (AvgIpc) is 3.03. The summed E-state index contributed by atoms with van der Waals surface area (Å²) in [5, 5.41) is 0.387. The summed E-state index contributed by atoms with van der Waals surface area (Å²) in [6.45, 7) is 0.602. The normalized spacial score (nSPS) is 15.0. The van der Waals surface area contributed by atoms with E-state index in [0.717, 1.165) is 30.9 Å². The van der Waals surface area contributed by atoms with Gasteiger partial charge in [-0.05, 0) is 94.0 Å². The highest BCUT2D eigenvalue weighted by Crippen LogP contribution is 2.36. The molecule has 1 aliphatic rings. The number of halogens is 3. The van der Waals surface area contributed by atoms with Crippen molar-refractivity contribution in [3.63, 3.8) is 0 Å². The van der Waals surface area contributed by atoms with Crippen LogP contribution in [0.4, 0.5) is 4.79 Å². The number of ether oxygens (including phenoxy) is 1. The summed E-state index contributed by atoms with van der Waals surface area (Å²) in [7, 11) is 0. The Bertz CT molecular complexity index is 1200.